The average molecular weight is 192 g/mol. The van der Waals surface area contributed by atoms with Gasteiger partial charge < -0.3 is 0 Å². The van der Waals surface area contributed by atoms with Crippen molar-refractivity contribution in [3.05, 3.63) is 0 Å². The quantitative estimate of drug-likeness (QED) is 0.668. The molecular weight excluding hydrogens is 172 g/mol. The molecule has 0 radical (unpaired) electrons. The molecule has 0 saturated carbocycles. The SMILES string of the molecule is CCCC(CS(C)(=O)=O)C(C)C. The lowest BCUT2D eigenvalue weighted by Crippen LogP contribution is -2.19. The van der Waals surface area contributed by atoms with Crippen LogP contribution < -0.4 is 0 Å². The molecule has 12 heavy (non-hydrogen) atoms. The summed E-state index contributed by atoms with van der Waals surface area (Å²) < 4.78 is 22.0. The Kier molecular flexibility index (Phi) is 4.83. The van der Waals surface area contributed by atoms with Crippen molar-refractivity contribution in [1.82, 2.24) is 0 Å². The normalized spacial score (nSPS) is 15.1. The monoisotopic (exact) mass is 192 g/mol. The number of rotatable bonds is 5. The standard InChI is InChI=1S/C9H20O2S/c1-5-6-9(8(2)3)7-12(4,10)11/h8-9H,5-7H2,1-4H3. The maximum Gasteiger partial charge on any atom is 0.147 e. The number of sulfone groups is 1. The van der Waals surface area contributed by atoms with Gasteiger partial charge in [-0.3, -0.25) is 0 Å². The topological polar surface area (TPSA) is 34.1 Å². The Bertz CT molecular complexity index is 205. The molecule has 0 N–H and O–H groups in total. The molecule has 0 fully saturated rings. The minimum absolute atomic E-state index is 0.338. The van der Waals surface area contributed by atoms with E-state index in [9.17, 15) is 8.42 Å². The summed E-state index contributed by atoms with van der Waals surface area (Å²) in [5.41, 5.74) is 0. The molecular formula is C9H20O2S. The fourth-order valence-corrected chi connectivity index (χ4v) is 2.70. The van der Waals surface area contributed by atoms with E-state index in [1.54, 1.807) is 0 Å². The predicted molar refractivity (Wildman–Crippen MR) is 52.9 cm³/mol. The first-order valence-corrected chi connectivity index (χ1v) is 6.60. The van der Waals surface area contributed by atoms with Gasteiger partial charge in [0.15, 0.2) is 0 Å². The van der Waals surface area contributed by atoms with Crippen LogP contribution in [0.25, 0.3) is 0 Å². The van der Waals surface area contributed by atoms with Gasteiger partial charge in [-0.25, -0.2) is 8.42 Å². The van der Waals surface area contributed by atoms with Crippen LogP contribution in [-0.4, -0.2) is 20.4 Å². The number of hydrogen-bond acceptors (Lipinski definition) is 2. The van der Waals surface area contributed by atoms with E-state index in [0.717, 1.165) is 12.8 Å². The summed E-state index contributed by atoms with van der Waals surface area (Å²) in [5.74, 6) is 1.16. The van der Waals surface area contributed by atoms with Crippen molar-refractivity contribution in [3.8, 4) is 0 Å². The van der Waals surface area contributed by atoms with Crippen molar-refractivity contribution in [2.75, 3.05) is 12.0 Å². The molecule has 0 heterocycles. The van der Waals surface area contributed by atoms with Gasteiger partial charge in [-0.05, 0) is 18.3 Å². The zero-order valence-corrected chi connectivity index (χ0v) is 9.32. The van der Waals surface area contributed by atoms with Crippen molar-refractivity contribution < 1.29 is 8.42 Å². The summed E-state index contributed by atoms with van der Waals surface area (Å²) in [7, 11) is -2.79. The fourth-order valence-electron chi connectivity index (χ4n) is 1.37. The van der Waals surface area contributed by atoms with Crippen LogP contribution in [-0.2, 0) is 9.84 Å². The Balaban J connectivity index is 4.14. The minimum atomic E-state index is -2.79. The van der Waals surface area contributed by atoms with Gasteiger partial charge >= 0.3 is 0 Å². The molecule has 3 heteroatoms. The first-order chi connectivity index (χ1) is 5.37. The third-order valence-corrected chi connectivity index (χ3v) is 3.15. The highest BCUT2D eigenvalue weighted by atomic mass is 32.2. The lowest BCUT2D eigenvalue weighted by atomic mass is 9.93. The largest absolute Gasteiger partial charge is 0.229 e. The molecule has 1 unspecified atom stereocenters. The second-order valence-electron chi connectivity index (χ2n) is 3.89. The van der Waals surface area contributed by atoms with E-state index in [0.29, 0.717) is 17.6 Å². The molecule has 0 rings (SSSR count). The molecule has 0 aliphatic heterocycles. The second-order valence-corrected chi connectivity index (χ2v) is 6.07. The highest BCUT2D eigenvalue weighted by molar-refractivity contribution is 7.90. The summed E-state index contributed by atoms with van der Waals surface area (Å²) in [4.78, 5) is 0. The first kappa shape index (κ1) is 11.9. The van der Waals surface area contributed by atoms with E-state index in [1.165, 1.54) is 6.26 Å². The molecule has 0 aliphatic rings. The van der Waals surface area contributed by atoms with E-state index in [-0.39, 0.29) is 0 Å². The molecule has 0 aliphatic carbocycles. The molecule has 0 aromatic carbocycles. The summed E-state index contributed by atoms with van der Waals surface area (Å²) in [6, 6.07) is 0. The molecule has 0 bridgehead atoms. The van der Waals surface area contributed by atoms with Gasteiger partial charge in [0, 0.05) is 6.26 Å². The highest BCUT2D eigenvalue weighted by Gasteiger charge is 2.17. The fraction of sp³-hybridized carbons (Fsp3) is 1.00. The molecule has 0 saturated heterocycles. The van der Waals surface area contributed by atoms with Gasteiger partial charge in [-0.15, -0.1) is 0 Å². The van der Waals surface area contributed by atoms with Crippen LogP contribution in [0, 0.1) is 11.8 Å². The first-order valence-electron chi connectivity index (χ1n) is 4.54. The minimum Gasteiger partial charge on any atom is -0.229 e. The van der Waals surface area contributed by atoms with Crippen LogP contribution >= 0.6 is 0 Å². The van der Waals surface area contributed by atoms with Crippen molar-refractivity contribution in [3.63, 3.8) is 0 Å². The van der Waals surface area contributed by atoms with E-state index >= 15 is 0 Å². The summed E-state index contributed by atoms with van der Waals surface area (Å²) >= 11 is 0. The Morgan fingerprint density at radius 3 is 2.00 bits per heavy atom. The summed E-state index contributed by atoms with van der Waals surface area (Å²) in [6.45, 7) is 6.27. The van der Waals surface area contributed by atoms with Crippen molar-refractivity contribution in [1.29, 1.82) is 0 Å². The van der Waals surface area contributed by atoms with Gasteiger partial charge in [0.2, 0.25) is 0 Å². The van der Waals surface area contributed by atoms with Gasteiger partial charge in [-0.2, -0.15) is 0 Å². The summed E-state index contributed by atoms with van der Waals surface area (Å²) in [5, 5.41) is 0. The molecule has 0 aromatic rings. The molecule has 0 spiro atoms. The Morgan fingerprint density at radius 1 is 1.25 bits per heavy atom. The van der Waals surface area contributed by atoms with Crippen LogP contribution in [0.2, 0.25) is 0 Å². The highest BCUT2D eigenvalue weighted by Crippen LogP contribution is 2.18. The van der Waals surface area contributed by atoms with Gasteiger partial charge in [0.25, 0.3) is 0 Å². The van der Waals surface area contributed by atoms with Crippen LogP contribution in [0.3, 0.4) is 0 Å². The molecule has 0 amide bonds. The zero-order chi connectivity index (χ0) is 9.78. The van der Waals surface area contributed by atoms with Crippen molar-refractivity contribution in [2.45, 2.75) is 33.6 Å². The summed E-state index contributed by atoms with van der Waals surface area (Å²) in [6.07, 6.45) is 3.40. The van der Waals surface area contributed by atoms with Gasteiger partial charge in [0.05, 0.1) is 5.75 Å². The maximum atomic E-state index is 11.0. The predicted octanol–water partition coefficient (Wildman–Crippen LogP) is 2.10. The van der Waals surface area contributed by atoms with Crippen molar-refractivity contribution >= 4 is 9.84 Å². The van der Waals surface area contributed by atoms with Crippen LogP contribution in [0.15, 0.2) is 0 Å². The zero-order valence-electron chi connectivity index (χ0n) is 8.50. The smallest absolute Gasteiger partial charge is 0.147 e. The van der Waals surface area contributed by atoms with E-state index in [2.05, 4.69) is 20.8 Å². The lowest BCUT2D eigenvalue weighted by Gasteiger charge is -2.18. The Morgan fingerprint density at radius 2 is 1.75 bits per heavy atom. The van der Waals surface area contributed by atoms with Gasteiger partial charge in [0.1, 0.15) is 9.84 Å². The van der Waals surface area contributed by atoms with Gasteiger partial charge in [-0.1, -0.05) is 27.2 Å². The maximum absolute atomic E-state index is 11.0. The average Bonchev–Trinajstić information content (AvgIpc) is 1.83. The van der Waals surface area contributed by atoms with Crippen molar-refractivity contribution in [2.24, 2.45) is 11.8 Å². The third kappa shape index (κ3) is 5.58. The lowest BCUT2D eigenvalue weighted by molar-refractivity contribution is 0.389. The number of hydrogen-bond donors (Lipinski definition) is 0. The van der Waals surface area contributed by atoms with Crippen LogP contribution in [0.4, 0.5) is 0 Å². The molecule has 1 atom stereocenters. The third-order valence-electron chi connectivity index (χ3n) is 2.12. The van der Waals surface area contributed by atoms with E-state index < -0.39 is 9.84 Å². The molecule has 0 aromatic heterocycles. The van der Waals surface area contributed by atoms with Crippen LogP contribution in [0.5, 0.6) is 0 Å². The van der Waals surface area contributed by atoms with E-state index in [1.807, 2.05) is 0 Å². The Labute approximate surface area is 76.3 Å². The van der Waals surface area contributed by atoms with E-state index in [4.69, 9.17) is 0 Å². The molecule has 74 valence electrons. The van der Waals surface area contributed by atoms with Crippen LogP contribution in [0.1, 0.15) is 33.6 Å². The second kappa shape index (κ2) is 4.85. The Hall–Kier alpha value is -0.0500. The molecule has 2 nitrogen and oxygen atoms in total.